The average Bonchev–Trinajstić information content (AvgIpc) is 2.81. The minimum absolute atomic E-state index is 0.0107. The van der Waals surface area contributed by atoms with Crippen LogP contribution in [0.25, 0.3) is 5.65 Å². The number of amides is 1. The Kier molecular flexibility index (Phi) is 3.88. The molecule has 0 N–H and O–H groups in total. The van der Waals surface area contributed by atoms with E-state index in [0.29, 0.717) is 30.4 Å². The van der Waals surface area contributed by atoms with E-state index in [4.69, 9.17) is 4.74 Å². The van der Waals surface area contributed by atoms with Crippen molar-refractivity contribution in [3.63, 3.8) is 0 Å². The van der Waals surface area contributed by atoms with Gasteiger partial charge in [-0.2, -0.15) is 0 Å². The number of carbonyl (C=O) groups excluding carboxylic acids is 1. The zero-order valence-corrected chi connectivity index (χ0v) is 12.4. The van der Waals surface area contributed by atoms with Crippen molar-refractivity contribution in [3.05, 3.63) is 30.2 Å². The van der Waals surface area contributed by atoms with E-state index in [0.717, 1.165) is 13.0 Å². The van der Waals surface area contributed by atoms with Crippen molar-refractivity contribution in [2.24, 2.45) is 5.92 Å². The molecule has 0 radical (unpaired) electrons. The number of hydrogen-bond donors (Lipinski definition) is 0. The second-order valence-corrected chi connectivity index (χ2v) is 5.73. The Morgan fingerprint density at radius 3 is 3.10 bits per heavy atom. The zero-order chi connectivity index (χ0) is 14.8. The smallest absolute Gasteiger partial charge is 0.271 e. The van der Waals surface area contributed by atoms with Crippen LogP contribution in [0.3, 0.4) is 0 Å². The Morgan fingerprint density at radius 2 is 2.29 bits per heavy atom. The molecular weight excluding hydrogens is 268 g/mol. The van der Waals surface area contributed by atoms with E-state index in [1.807, 2.05) is 23.1 Å². The number of aromatic nitrogens is 3. The highest BCUT2D eigenvalue weighted by Gasteiger charge is 2.26. The van der Waals surface area contributed by atoms with Gasteiger partial charge in [-0.05, 0) is 24.5 Å². The van der Waals surface area contributed by atoms with Crippen molar-refractivity contribution in [2.45, 2.75) is 26.4 Å². The van der Waals surface area contributed by atoms with E-state index in [1.165, 1.54) is 0 Å². The normalized spacial score (nSPS) is 20.0. The lowest BCUT2D eigenvalue weighted by atomic mass is 10.1. The minimum atomic E-state index is 0.0107. The first-order valence-corrected chi connectivity index (χ1v) is 7.36. The molecule has 112 valence electrons. The van der Waals surface area contributed by atoms with Crippen molar-refractivity contribution in [3.8, 4) is 0 Å². The number of hydrogen-bond acceptors (Lipinski definition) is 4. The molecule has 1 aliphatic rings. The fraction of sp³-hybridized carbons (Fsp3) is 0.533. The molecule has 6 nitrogen and oxygen atoms in total. The molecule has 0 aromatic carbocycles. The standard InChI is InChI=1S/C15H20N4O2/c1-11(2)13-9-18(7-4-8-21-13)15(20)12-5-3-6-14-17-16-10-19(12)14/h3,5-6,10-11,13H,4,7-9H2,1-2H3. The first-order valence-electron chi connectivity index (χ1n) is 7.36. The third kappa shape index (κ3) is 2.76. The summed E-state index contributed by atoms with van der Waals surface area (Å²) in [6, 6.07) is 5.49. The molecule has 2 aromatic rings. The van der Waals surface area contributed by atoms with E-state index in [1.54, 1.807) is 10.7 Å². The maximum absolute atomic E-state index is 12.8. The molecule has 1 aliphatic heterocycles. The molecule has 2 aromatic heterocycles. The average molecular weight is 288 g/mol. The first kappa shape index (κ1) is 14.0. The number of fused-ring (bicyclic) bond motifs is 1. The summed E-state index contributed by atoms with van der Waals surface area (Å²) in [4.78, 5) is 14.7. The van der Waals surface area contributed by atoms with E-state index in [-0.39, 0.29) is 12.0 Å². The Balaban J connectivity index is 1.88. The van der Waals surface area contributed by atoms with Gasteiger partial charge in [0, 0.05) is 19.7 Å². The van der Waals surface area contributed by atoms with E-state index >= 15 is 0 Å². The second-order valence-electron chi connectivity index (χ2n) is 5.73. The van der Waals surface area contributed by atoms with E-state index in [9.17, 15) is 4.79 Å². The molecule has 0 bridgehead atoms. The van der Waals surface area contributed by atoms with Gasteiger partial charge in [0.25, 0.3) is 5.91 Å². The molecule has 1 amide bonds. The van der Waals surface area contributed by atoms with Crippen LogP contribution in [0.2, 0.25) is 0 Å². The summed E-state index contributed by atoms with van der Waals surface area (Å²) >= 11 is 0. The number of ether oxygens (including phenoxy) is 1. The van der Waals surface area contributed by atoms with Crippen LogP contribution < -0.4 is 0 Å². The van der Waals surface area contributed by atoms with Crippen LogP contribution in [0.4, 0.5) is 0 Å². The number of nitrogens with zero attached hydrogens (tertiary/aromatic N) is 4. The van der Waals surface area contributed by atoms with Crippen molar-refractivity contribution in [2.75, 3.05) is 19.7 Å². The fourth-order valence-electron chi connectivity index (χ4n) is 2.62. The fourth-order valence-corrected chi connectivity index (χ4v) is 2.62. The van der Waals surface area contributed by atoms with Gasteiger partial charge in [0.1, 0.15) is 12.0 Å². The van der Waals surface area contributed by atoms with Crippen molar-refractivity contribution >= 4 is 11.6 Å². The van der Waals surface area contributed by atoms with Crippen LogP contribution >= 0.6 is 0 Å². The summed E-state index contributed by atoms with van der Waals surface area (Å²) in [5.74, 6) is 0.403. The molecule has 21 heavy (non-hydrogen) atoms. The highest BCUT2D eigenvalue weighted by molar-refractivity contribution is 5.93. The second kappa shape index (κ2) is 5.81. The number of carbonyl (C=O) groups is 1. The lowest BCUT2D eigenvalue weighted by Crippen LogP contribution is -2.39. The highest BCUT2D eigenvalue weighted by atomic mass is 16.5. The summed E-state index contributed by atoms with van der Waals surface area (Å²) in [6.45, 7) is 6.32. The van der Waals surface area contributed by atoms with E-state index < -0.39 is 0 Å². The van der Waals surface area contributed by atoms with Crippen molar-refractivity contribution in [1.82, 2.24) is 19.5 Å². The molecule has 3 rings (SSSR count). The zero-order valence-electron chi connectivity index (χ0n) is 12.4. The van der Waals surface area contributed by atoms with Gasteiger partial charge in [-0.3, -0.25) is 9.20 Å². The summed E-state index contributed by atoms with van der Waals surface area (Å²) < 4.78 is 7.56. The first-order chi connectivity index (χ1) is 10.2. The monoisotopic (exact) mass is 288 g/mol. The largest absolute Gasteiger partial charge is 0.376 e. The highest BCUT2D eigenvalue weighted by Crippen LogP contribution is 2.16. The van der Waals surface area contributed by atoms with Crippen LogP contribution in [0, 0.1) is 5.92 Å². The molecule has 1 saturated heterocycles. The molecule has 3 heterocycles. The van der Waals surface area contributed by atoms with Gasteiger partial charge >= 0.3 is 0 Å². The summed E-state index contributed by atoms with van der Waals surface area (Å²) in [7, 11) is 0. The minimum Gasteiger partial charge on any atom is -0.376 e. The molecular formula is C15H20N4O2. The van der Waals surface area contributed by atoms with Gasteiger partial charge in [-0.15, -0.1) is 10.2 Å². The van der Waals surface area contributed by atoms with Crippen LogP contribution in [0.5, 0.6) is 0 Å². The van der Waals surface area contributed by atoms with Crippen molar-refractivity contribution in [1.29, 1.82) is 0 Å². The lowest BCUT2D eigenvalue weighted by molar-refractivity contribution is 0.0220. The predicted octanol–water partition coefficient (Wildman–Crippen LogP) is 1.62. The Hall–Kier alpha value is -1.95. The van der Waals surface area contributed by atoms with Crippen LogP contribution in [-0.2, 0) is 4.74 Å². The van der Waals surface area contributed by atoms with Gasteiger partial charge in [-0.25, -0.2) is 0 Å². The van der Waals surface area contributed by atoms with Crippen molar-refractivity contribution < 1.29 is 9.53 Å². The maximum atomic E-state index is 12.8. The Labute approximate surface area is 123 Å². The van der Waals surface area contributed by atoms with Crippen LogP contribution in [0.15, 0.2) is 24.5 Å². The maximum Gasteiger partial charge on any atom is 0.271 e. The Bertz CT molecular complexity index is 637. The molecule has 0 spiro atoms. The quantitative estimate of drug-likeness (QED) is 0.842. The van der Waals surface area contributed by atoms with Gasteiger partial charge in [0.2, 0.25) is 0 Å². The third-order valence-corrected chi connectivity index (χ3v) is 3.89. The topological polar surface area (TPSA) is 59.7 Å². The molecule has 1 atom stereocenters. The number of pyridine rings is 1. The molecule has 0 aliphatic carbocycles. The Morgan fingerprint density at radius 1 is 1.43 bits per heavy atom. The van der Waals surface area contributed by atoms with Gasteiger partial charge in [0.15, 0.2) is 5.65 Å². The molecule has 0 saturated carbocycles. The van der Waals surface area contributed by atoms with Gasteiger partial charge < -0.3 is 9.64 Å². The third-order valence-electron chi connectivity index (χ3n) is 3.89. The number of rotatable bonds is 2. The molecule has 1 unspecified atom stereocenters. The van der Waals surface area contributed by atoms with Gasteiger partial charge in [-0.1, -0.05) is 19.9 Å². The van der Waals surface area contributed by atoms with E-state index in [2.05, 4.69) is 24.0 Å². The van der Waals surface area contributed by atoms with Crippen LogP contribution in [-0.4, -0.2) is 51.2 Å². The van der Waals surface area contributed by atoms with Crippen LogP contribution in [0.1, 0.15) is 30.8 Å². The summed E-state index contributed by atoms with van der Waals surface area (Å²) in [6.07, 6.45) is 2.54. The molecule has 6 heteroatoms. The summed E-state index contributed by atoms with van der Waals surface area (Å²) in [5.41, 5.74) is 1.29. The predicted molar refractivity (Wildman–Crippen MR) is 78.1 cm³/mol. The SMILES string of the molecule is CC(C)C1CN(C(=O)c2cccc3nncn23)CCCO1. The molecule has 1 fully saturated rings. The van der Waals surface area contributed by atoms with Gasteiger partial charge in [0.05, 0.1) is 6.10 Å². The lowest BCUT2D eigenvalue weighted by Gasteiger charge is -2.26. The summed E-state index contributed by atoms with van der Waals surface area (Å²) in [5, 5.41) is 7.85.